The summed E-state index contributed by atoms with van der Waals surface area (Å²) in [5.74, 6) is 2.80. The molecule has 0 spiro atoms. The average molecular weight is 437 g/mol. The molecule has 1 N–H and O–H groups in total. The third kappa shape index (κ3) is 3.72. The van der Waals surface area contributed by atoms with Gasteiger partial charge in [0.1, 0.15) is 5.84 Å². The van der Waals surface area contributed by atoms with E-state index in [2.05, 4.69) is 76.8 Å². The topological polar surface area (TPSA) is 30.9 Å². The van der Waals surface area contributed by atoms with Gasteiger partial charge in [0.05, 0.1) is 5.69 Å². The second-order valence-electron chi connectivity index (χ2n) is 9.92. The van der Waals surface area contributed by atoms with Crippen molar-refractivity contribution in [3.63, 3.8) is 0 Å². The molecule has 4 heteroatoms. The second kappa shape index (κ2) is 8.35. The summed E-state index contributed by atoms with van der Waals surface area (Å²) >= 11 is 0. The molecule has 2 atom stereocenters. The third-order valence-electron chi connectivity index (χ3n) is 7.68. The van der Waals surface area contributed by atoms with E-state index in [-0.39, 0.29) is 0 Å². The highest BCUT2D eigenvalue weighted by Crippen LogP contribution is 2.41. The average Bonchev–Trinajstić information content (AvgIpc) is 3.19. The number of hydrogen-bond donors (Lipinski definition) is 1. The maximum absolute atomic E-state index is 5.13. The number of allylic oxidation sites excluding steroid dienone is 2. The molecule has 0 radical (unpaired) electrons. The first kappa shape index (κ1) is 20.5. The Hall–Kier alpha value is -3.11. The van der Waals surface area contributed by atoms with Crippen LogP contribution in [0.1, 0.15) is 31.2 Å². The van der Waals surface area contributed by atoms with Crippen molar-refractivity contribution < 1.29 is 0 Å². The van der Waals surface area contributed by atoms with E-state index >= 15 is 0 Å². The molecule has 0 amide bonds. The van der Waals surface area contributed by atoms with Crippen molar-refractivity contribution in [3.8, 4) is 0 Å². The lowest BCUT2D eigenvalue weighted by Gasteiger charge is -2.34. The molecule has 2 fully saturated rings. The van der Waals surface area contributed by atoms with Crippen molar-refractivity contribution in [3.05, 3.63) is 84.7 Å². The Balaban J connectivity index is 1.17. The van der Waals surface area contributed by atoms with Crippen LogP contribution in [-0.2, 0) is 0 Å². The molecule has 4 aliphatic rings. The number of hydrogen-bond acceptors (Lipinski definition) is 4. The molecule has 3 heterocycles. The lowest BCUT2D eigenvalue weighted by molar-refractivity contribution is 0.166. The maximum Gasteiger partial charge on any atom is 0.147 e. The smallest absolute Gasteiger partial charge is 0.147 e. The zero-order valence-corrected chi connectivity index (χ0v) is 19.3. The van der Waals surface area contributed by atoms with Gasteiger partial charge in [-0.3, -0.25) is 0 Å². The quantitative estimate of drug-likeness (QED) is 0.578. The van der Waals surface area contributed by atoms with Crippen LogP contribution in [0, 0.1) is 11.8 Å². The molecule has 1 aliphatic carbocycles. The van der Waals surface area contributed by atoms with Crippen molar-refractivity contribution in [2.45, 2.75) is 25.7 Å². The molecular formula is C29H32N4. The van der Waals surface area contributed by atoms with Crippen molar-refractivity contribution in [1.82, 2.24) is 15.1 Å². The van der Waals surface area contributed by atoms with Gasteiger partial charge < -0.3 is 15.1 Å². The van der Waals surface area contributed by atoms with Crippen LogP contribution in [0.4, 0.5) is 5.69 Å². The summed E-state index contributed by atoms with van der Waals surface area (Å²) in [5.41, 5.74) is 5.00. The Morgan fingerprint density at radius 1 is 1.09 bits per heavy atom. The van der Waals surface area contributed by atoms with Gasteiger partial charge in [-0.05, 0) is 61.6 Å². The number of benzene rings is 2. The van der Waals surface area contributed by atoms with Crippen LogP contribution in [-0.4, -0.2) is 41.8 Å². The van der Waals surface area contributed by atoms with Gasteiger partial charge in [0.2, 0.25) is 0 Å². The molecule has 2 bridgehead atoms. The van der Waals surface area contributed by atoms with E-state index in [1.807, 2.05) is 6.20 Å². The van der Waals surface area contributed by atoms with Gasteiger partial charge in [-0.2, -0.15) is 0 Å². The van der Waals surface area contributed by atoms with E-state index in [1.165, 1.54) is 44.3 Å². The number of rotatable bonds is 6. The lowest BCUT2D eigenvalue weighted by Crippen LogP contribution is -2.38. The summed E-state index contributed by atoms with van der Waals surface area (Å²) < 4.78 is 0. The molecule has 3 aliphatic heterocycles. The van der Waals surface area contributed by atoms with Crippen LogP contribution in [0.5, 0.6) is 0 Å². The minimum Gasteiger partial charge on any atom is -0.385 e. The third-order valence-corrected chi connectivity index (χ3v) is 7.68. The van der Waals surface area contributed by atoms with Crippen LogP contribution in [0.3, 0.4) is 0 Å². The number of fused-ring (bicyclic) bond motifs is 6. The largest absolute Gasteiger partial charge is 0.385 e. The molecule has 2 aromatic carbocycles. The van der Waals surface area contributed by atoms with E-state index in [4.69, 9.17) is 4.99 Å². The summed E-state index contributed by atoms with van der Waals surface area (Å²) in [5, 5.41) is 5.93. The van der Waals surface area contributed by atoms with Gasteiger partial charge in [-0.1, -0.05) is 49.6 Å². The Bertz CT molecular complexity index is 1210. The summed E-state index contributed by atoms with van der Waals surface area (Å²) in [6.45, 7) is 13.5. The summed E-state index contributed by atoms with van der Waals surface area (Å²) in [4.78, 5) is 9.89. The standard InChI is InChI=1S/C29H32N4/c1-20(30-14-6-15-32-18-22-10-11-23(17-22)19-32)25-9-5-16-33-21(2)26-13-12-24-7-3-4-8-27(24)28(26)31-29(25)33/h3-5,7-9,12-13,16,22-23,30H,1-2,6,10-11,14-15,17-19H2. The number of nitrogens with one attached hydrogen (secondary N) is 1. The second-order valence-corrected chi connectivity index (χ2v) is 9.92. The van der Waals surface area contributed by atoms with Gasteiger partial charge in [0.25, 0.3) is 0 Å². The molecule has 1 saturated heterocycles. The van der Waals surface area contributed by atoms with Crippen molar-refractivity contribution in [1.29, 1.82) is 0 Å². The Morgan fingerprint density at radius 3 is 2.76 bits per heavy atom. The molecule has 168 valence electrons. The van der Waals surface area contributed by atoms with E-state index in [1.54, 1.807) is 0 Å². The first-order chi connectivity index (χ1) is 16.2. The Labute approximate surface area is 196 Å². The van der Waals surface area contributed by atoms with Gasteiger partial charge in [0.15, 0.2) is 0 Å². The lowest BCUT2D eigenvalue weighted by atomic mass is 9.97. The number of aliphatic imine (C=N–C) groups is 1. The van der Waals surface area contributed by atoms with Gasteiger partial charge >= 0.3 is 0 Å². The predicted molar refractivity (Wildman–Crippen MR) is 138 cm³/mol. The van der Waals surface area contributed by atoms with E-state index in [0.717, 1.165) is 64.2 Å². The minimum atomic E-state index is 0.899. The molecule has 4 nitrogen and oxygen atoms in total. The SMILES string of the molecule is C=C(NCCCN1CC2CCC(C2)C1)C1=CC=CN2C(=C)c3ccc4ccccc4c3N=C12. The molecule has 2 unspecified atom stereocenters. The summed E-state index contributed by atoms with van der Waals surface area (Å²) in [7, 11) is 0. The first-order valence-electron chi connectivity index (χ1n) is 12.3. The Morgan fingerprint density at radius 2 is 1.91 bits per heavy atom. The predicted octanol–water partition coefficient (Wildman–Crippen LogP) is 5.84. The highest BCUT2D eigenvalue weighted by atomic mass is 15.2. The summed E-state index contributed by atoms with van der Waals surface area (Å²) in [6, 6.07) is 12.7. The van der Waals surface area contributed by atoms with E-state index in [9.17, 15) is 0 Å². The Kier molecular flexibility index (Phi) is 5.18. The van der Waals surface area contributed by atoms with Crippen molar-refractivity contribution in [2.24, 2.45) is 16.8 Å². The summed E-state index contributed by atoms with van der Waals surface area (Å²) in [6.07, 6.45) is 11.7. The zero-order chi connectivity index (χ0) is 22.4. The molecule has 0 aromatic heterocycles. The van der Waals surface area contributed by atoms with Crippen molar-refractivity contribution in [2.75, 3.05) is 26.2 Å². The molecule has 33 heavy (non-hydrogen) atoms. The minimum absolute atomic E-state index is 0.899. The highest BCUT2D eigenvalue weighted by Gasteiger charge is 2.32. The van der Waals surface area contributed by atoms with Gasteiger partial charge in [0, 0.05) is 53.8 Å². The van der Waals surface area contributed by atoms with Crippen LogP contribution in [0.2, 0.25) is 0 Å². The molecule has 1 saturated carbocycles. The molecule has 2 aromatic rings. The zero-order valence-electron chi connectivity index (χ0n) is 19.3. The van der Waals surface area contributed by atoms with Crippen LogP contribution in [0.15, 0.2) is 84.2 Å². The van der Waals surface area contributed by atoms with E-state index < -0.39 is 0 Å². The van der Waals surface area contributed by atoms with Crippen LogP contribution < -0.4 is 5.32 Å². The van der Waals surface area contributed by atoms with Crippen LogP contribution in [0.25, 0.3) is 16.5 Å². The monoisotopic (exact) mass is 436 g/mol. The normalized spacial score (nSPS) is 23.8. The highest BCUT2D eigenvalue weighted by molar-refractivity contribution is 6.14. The van der Waals surface area contributed by atoms with Crippen molar-refractivity contribution >= 4 is 28.0 Å². The van der Waals surface area contributed by atoms with Gasteiger partial charge in [-0.15, -0.1) is 0 Å². The number of nitrogens with zero attached hydrogens (tertiary/aromatic N) is 3. The van der Waals surface area contributed by atoms with Crippen LogP contribution >= 0.6 is 0 Å². The number of piperidine rings is 1. The maximum atomic E-state index is 5.13. The fraction of sp³-hybridized carbons (Fsp3) is 0.345. The molecule has 6 rings (SSSR count). The molecular weight excluding hydrogens is 404 g/mol. The van der Waals surface area contributed by atoms with E-state index in [0.29, 0.717) is 0 Å². The van der Waals surface area contributed by atoms with Gasteiger partial charge in [-0.25, -0.2) is 4.99 Å². The first-order valence-corrected chi connectivity index (χ1v) is 12.3. The fourth-order valence-electron chi connectivity index (χ4n) is 6.05. The fourth-order valence-corrected chi connectivity index (χ4v) is 6.05. The number of amidine groups is 1. The number of likely N-dealkylation sites (tertiary alicyclic amines) is 1.